The maximum Gasteiger partial charge on any atom is 0.354 e. The number of benzene rings is 2. The van der Waals surface area contributed by atoms with Gasteiger partial charge in [0.1, 0.15) is 23.1 Å². The SMILES string of the molecule is COc1cc(/C=C2\CCCn3c2nc(-c2ccc(F)cc2)c3C(=O)O)ccc1-n1cnc(C)c1. The van der Waals surface area contributed by atoms with E-state index < -0.39 is 5.97 Å². The van der Waals surface area contributed by atoms with Gasteiger partial charge in [-0.25, -0.2) is 19.2 Å². The Bertz CT molecular complexity index is 1420. The van der Waals surface area contributed by atoms with Crippen LogP contribution in [0.25, 0.3) is 28.6 Å². The van der Waals surface area contributed by atoms with Gasteiger partial charge in [-0.05, 0) is 73.4 Å². The first-order valence-corrected chi connectivity index (χ1v) is 10.9. The maximum absolute atomic E-state index is 13.4. The highest BCUT2D eigenvalue weighted by Crippen LogP contribution is 2.35. The number of ether oxygens (including phenoxy) is 1. The lowest BCUT2D eigenvalue weighted by molar-refractivity contribution is 0.0685. The fourth-order valence-electron chi connectivity index (χ4n) is 4.37. The molecule has 0 saturated heterocycles. The van der Waals surface area contributed by atoms with E-state index >= 15 is 0 Å². The third-order valence-electron chi connectivity index (χ3n) is 5.94. The van der Waals surface area contributed by atoms with Crippen molar-refractivity contribution < 1.29 is 19.0 Å². The van der Waals surface area contributed by atoms with E-state index in [1.165, 1.54) is 12.1 Å². The van der Waals surface area contributed by atoms with Crippen molar-refractivity contribution in [3.05, 3.63) is 83.6 Å². The highest BCUT2D eigenvalue weighted by Gasteiger charge is 2.27. The average Bonchev–Trinajstić information content (AvgIpc) is 3.44. The largest absolute Gasteiger partial charge is 0.495 e. The van der Waals surface area contributed by atoms with Crippen molar-refractivity contribution in [2.75, 3.05) is 7.11 Å². The second-order valence-electron chi connectivity index (χ2n) is 8.22. The van der Waals surface area contributed by atoms with Gasteiger partial charge in [0.25, 0.3) is 0 Å². The first-order chi connectivity index (χ1) is 16.4. The molecular weight excluding hydrogens is 435 g/mol. The molecule has 2 aromatic heterocycles. The normalized spacial score (nSPS) is 14.3. The topological polar surface area (TPSA) is 82.2 Å². The lowest BCUT2D eigenvalue weighted by Gasteiger charge is -2.18. The molecule has 7 nitrogen and oxygen atoms in total. The zero-order valence-corrected chi connectivity index (χ0v) is 18.8. The molecule has 1 N–H and O–H groups in total. The lowest BCUT2D eigenvalue weighted by Crippen LogP contribution is -2.15. The quantitative estimate of drug-likeness (QED) is 0.443. The molecule has 3 heterocycles. The number of aryl methyl sites for hydroxylation is 1. The smallest absolute Gasteiger partial charge is 0.354 e. The Morgan fingerprint density at radius 3 is 2.68 bits per heavy atom. The van der Waals surface area contributed by atoms with Gasteiger partial charge in [-0.1, -0.05) is 6.07 Å². The number of rotatable bonds is 5. The standard InChI is InChI=1S/C26H23FN4O3/c1-16-14-30(15-28-16)21-10-5-17(13-22(21)34-2)12-19-4-3-11-31-24(26(32)33)23(29-25(19)31)18-6-8-20(27)9-7-18/h5-10,12-15H,3-4,11H2,1-2H3,(H,32,33)/b19-12+. The molecule has 1 aliphatic rings. The number of carbonyl (C=O) groups is 1. The van der Waals surface area contributed by atoms with Crippen molar-refractivity contribution in [1.29, 1.82) is 0 Å². The van der Waals surface area contributed by atoms with Crippen LogP contribution in [0.15, 0.2) is 55.0 Å². The molecule has 0 spiro atoms. The number of aromatic carboxylic acids is 1. The van der Waals surface area contributed by atoms with Crippen LogP contribution in [0, 0.1) is 12.7 Å². The van der Waals surface area contributed by atoms with Crippen molar-refractivity contribution in [2.45, 2.75) is 26.3 Å². The van der Waals surface area contributed by atoms with E-state index in [-0.39, 0.29) is 11.5 Å². The molecule has 0 aliphatic carbocycles. The highest BCUT2D eigenvalue weighted by atomic mass is 19.1. The van der Waals surface area contributed by atoms with Gasteiger partial charge in [0.05, 0.1) is 24.8 Å². The summed E-state index contributed by atoms with van der Waals surface area (Å²) < 4.78 is 22.7. The van der Waals surface area contributed by atoms with Gasteiger partial charge in [0, 0.05) is 18.3 Å². The number of halogens is 1. The molecule has 8 heteroatoms. The highest BCUT2D eigenvalue weighted by molar-refractivity contribution is 5.95. The summed E-state index contributed by atoms with van der Waals surface area (Å²) >= 11 is 0. The summed E-state index contributed by atoms with van der Waals surface area (Å²) in [6, 6.07) is 11.6. The Labute approximate surface area is 195 Å². The van der Waals surface area contributed by atoms with Gasteiger partial charge in [-0.3, -0.25) is 0 Å². The van der Waals surface area contributed by atoms with Gasteiger partial charge in [0.2, 0.25) is 0 Å². The molecule has 0 saturated carbocycles. The fourth-order valence-corrected chi connectivity index (χ4v) is 4.37. The molecule has 0 atom stereocenters. The summed E-state index contributed by atoms with van der Waals surface area (Å²) in [5.41, 5.74) is 4.69. The lowest BCUT2D eigenvalue weighted by atomic mass is 10.0. The average molecular weight is 458 g/mol. The Balaban J connectivity index is 1.58. The van der Waals surface area contributed by atoms with Gasteiger partial charge in [-0.15, -0.1) is 0 Å². The number of carboxylic acids is 1. The molecule has 34 heavy (non-hydrogen) atoms. The zero-order valence-electron chi connectivity index (χ0n) is 18.8. The number of methoxy groups -OCH3 is 1. The Hall–Kier alpha value is -4.20. The van der Waals surface area contributed by atoms with Crippen molar-refractivity contribution in [3.63, 3.8) is 0 Å². The van der Waals surface area contributed by atoms with E-state index in [1.807, 2.05) is 42.0 Å². The van der Waals surface area contributed by atoms with E-state index in [0.29, 0.717) is 29.4 Å². The van der Waals surface area contributed by atoms with Crippen LogP contribution in [0.5, 0.6) is 5.75 Å². The van der Waals surface area contributed by atoms with Crippen molar-refractivity contribution >= 4 is 17.6 Å². The van der Waals surface area contributed by atoms with Crippen LogP contribution in [-0.2, 0) is 6.54 Å². The molecule has 0 amide bonds. The monoisotopic (exact) mass is 458 g/mol. The van der Waals surface area contributed by atoms with E-state index in [9.17, 15) is 14.3 Å². The van der Waals surface area contributed by atoms with E-state index in [4.69, 9.17) is 9.72 Å². The first kappa shape index (κ1) is 21.6. The Morgan fingerprint density at radius 1 is 1.21 bits per heavy atom. The number of carboxylic acid groups (broad SMARTS) is 1. The second-order valence-corrected chi connectivity index (χ2v) is 8.22. The number of allylic oxidation sites excluding steroid dienone is 1. The molecule has 1 aliphatic heterocycles. The third kappa shape index (κ3) is 3.87. The van der Waals surface area contributed by atoms with Crippen LogP contribution >= 0.6 is 0 Å². The number of hydrogen-bond donors (Lipinski definition) is 1. The van der Waals surface area contributed by atoms with Gasteiger partial charge in [0.15, 0.2) is 5.69 Å². The summed E-state index contributed by atoms with van der Waals surface area (Å²) in [5.74, 6) is -0.116. The molecule has 5 rings (SSSR count). The van der Waals surface area contributed by atoms with Crippen molar-refractivity contribution in [1.82, 2.24) is 19.1 Å². The first-order valence-electron chi connectivity index (χ1n) is 10.9. The Morgan fingerprint density at radius 2 is 2.00 bits per heavy atom. The number of fused-ring (bicyclic) bond motifs is 1. The zero-order chi connectivity index (χ0) is 23.8. The minimum Gasteiger partial charge on any atom is -0.495 e. The molecule has 0 bridgehead atoms. The van der Waals surface area contributed by atoms with Crippen LogP contribution in [-0.4, -0.2) is 37.3 Å². The molecule has 0 unspecified atom stereocenters. The number of aromatic nitrogens is 4. The van der Waals surface area contributed by atoms with Gasteiger partial charge in [-0.2, -0.15) is 0 Å². The minimum absolute atomic E-state index is 0.121. The maximum atomic E-state index is 13.4. The molecule has 0 radical (unpaired) electrons. The van der Waals surface area contributed by atoms with Gasteiger partial charge < -0.3 is 19.0 Å². The second kappa shape index (κ2) is 8.62. The van der Waals surface area contributed by atoms with Crippen LogP contribution in [0.2, 0.25) is 0 Å². The van der Waals surface area contributed by atoms with E-state index in [0.717, 1.165) is 35.4 Å². The Kier molecular flexibility index (Phi) is 5.49. The molecule has 4 aromatic rings. The van der Waals surface area contributed by atoms with Crippen LogP contribution in [0.3, 0.4) is 0 Å². The van der Waals surface area contributed by atoms with Crippen LogP contribution in [0.1, 0.15) is 40.4 Å². The number of nitrogens with zero attached hydrogens (tertiary/aromatic N) is 4. The molecule has 2 aromatic carbocycles. The summed E-state index contributed by atoms with van der Waals surface area (Å²) in [7, 11) is 1.63. The molecular formula is C26H23FN4O3. The third-order valence-corrected chi connectivity index (χ3v) is 5.94. The van der Waals surface area contributed by atoms with Crippen molar-refractivity contribution in [3.8, 4) is 22.7 Å². The summed E-state index contributed by atoms with van der Waals surface area (Å²) in [5, 5.41) is 9.93. The van der Waals surface area contributed by atoms with Crippen molar-refractivity contribution in [2.24, 2.45) is 0 Å². The summed E-state index contributed by atoms with van der Waals surface area (Å²) in [4.78, 5) is 21.1. The number of hydrogen-bond acceptors (Lipinski definition) is 4. The predicted molar refractivity (Wildman–Crippen MR) is 127 cm³/mol. The van der Waals surface area contributed by atoms with Crippen LogP contribution < -0.4 is 4.74 Å². The number of imidazole rings is 2. The van der Waals surface area contributed by atoms with Gasteiger partial charge >= 0.3 is 5.97 Å². The fraction of sp³-hybridized carbons (Fsp3) is 0.192. The molecule has 172 valence electrons. The summed E-state index contributed by atoms with van der Waals surface area (Å²) in [6.45, 7) is 2.49. The molecule has 0 fully saturated rings. The predicted octanol–water partition coefficient (Wildman–Crippen LogP) is 5.22. The van der Waals surface area contributed by atoms with Crippen LogP contribution in [0.4, 0.5) is 4.39 Å². The van der Waals surface area contributed by atoms with E-state index in [2.05, 4.69) is 4.98 Å². The summed E-state index contributed by atoms with van der Waals surface area (Å²) in [6.07, 6.45) is 7.25. The van der Waals surface area contributed by atoms with E-state index in [1.54, 1.807) is 30.1 Å². The minimum atomic E-state index is -1.05.